The average Bonchev–Trinajstić information content (AvgIpc) is 2.61. The smallest absolute Gasteiger partial charge is 0.428 e. The summed E-state index contributed by atoms with van der Waals surface area (Å²) in [6, 6.07) is 6.90. The Balaban J connectivity index is 2.31. The van der Waals surface area contributed by atoms with Crippen molar-refractivity contribution < 1.29 is 40.8 Å². The first-order valence-electron chi connectivity index (χ1n) is 7.45. The lowest BCUT2D eigenvalue weighted by atomic mass is 10.1. The van der Waals surface area contributed by atoms with E-state index < -0.39 is 52.0 Å². The minimum Gasteiger partial charge on any atom is -0.428 e. The fraction of sp³-hybridized carbons (Fsp3) is 0.188. The third-order valence-electron chi connectivity index (χ3n) is 3.37. The molecule has 13 heteroatoms. The van der Waals surface area contributed by atoms with Crippen LogP contribution in [0.1, 0.15) is 10.4 Å². The molecule has 2 rings (SSSR count). The summed E-state index contributed by atoms with van der Waals surface area (Å²) in [6.45, 7) is 0. The first-order chi connectivity index (χ1) is 13.3. The van der Waals surface area contributed by atoms with Crippen molar-refractivity contribution in [2.24, 2.45) is 0 Å². The zero-order valence-corrected chi connectivity index (χ0v) is 14.6. The van der Waals surface area contributed by atoms with Crippen LogP contribution < -0.4 is 10.1 Å². The number of nitrogens with one attached hydrogen (secondary N) is 1. The minimum atomic E-state index is -5.89. The van der Waals surface area contributed by atoms with Crippen LogP contribution in [-0.4, -0.2) is 29.3 Å². The Morgan fingerprint density at radius 3 is 2.34 bits per heavy atom. The summed E-state index contributed by atoms with van der Waals surface area (Å²) in [6.07, 6.45) is -15.8. The molecule has 0 aliphatic rings. The summed E-state index contributed by atoms with van der Waals surface area (Å²) < 4.78 is 80.7. The van der Waals surface area contributed by atoms with Crippen molar-refractivity contribution in [2.75, 3.05) is 5.32 Å². The van der Waals surface area contributed by atoms with E-state index in [2.05, 4.69) is 4.74 Å². The van der Waals surface area contributed by atoms with E-state index in [4.69, 9.17) is 11.6 Å². The number of carbonyl (C=O) groups is 1. The molecule has 0 radical (unpaired) electrons. The second kappa shape index (κ2) is 8.15. The Kier molecular flexibility index (Phi) is 6.26. The van der Waals surface area contributed by atoms with Gasteiger partial charge in [-0.2, -0.15) is 22.0 Å². The number of nitro benzene ring substituents is 1. The normalized spacial score (nSPS) is 12.9. The van der Waals surface area contributed by atoms with Crippen molar-refractivity contribution in [3.05, 3.63) is 63.2 Å². The molecule has 2 aromatic rings. The van der Waals surface area contributed by atoms with E-state index in [9.17, 15) is 41.3 Å². The van der Waals surface area contributed by atoms with E-state index in [0.717, 1.165) is 36.4 Å². The lowest BCUT2D eigenvalue weighted by molar-refractivity contribution is -0.384. The highest BCUT2D eigenvalue weighted by Gasteiger charge is 2.59. The molecule has 0 fully saturated rings. The van der Waals surface area contributed by atoms with E-state index in [-0.39, 0.29) is 5.02 Å². The van der Waals surface area contributed by atoms with Gasteiger partial charge in [0.25, 0.3) is 17.8 Å². The Hall–Kier alpha value is -3.02. The molecular weight excluding hydrogens is 434 g/mol. The number of halogens is 7. The van der Waals surface area contributed by atoms with Crippen LogP contribution in [0.3, 0.4) is 0 Å². The largest absolute Gasteiger partial charge is 0.439 e. The maximum absolute atomic E-state index is 13.5. The SMILES string of the molecule is O=C(Nc1ccccc1OC(F)(F)C(F)C(F)(F)F)c1cc([N+](=O)[O-])ccc1Cl. The number of ether oxygens (including phenoxy) is 1. The minimum absolute atomic E-state index is 0.224. The fourth-order valence-corrected chi connectivity index (χ4v) is 2.24. The fourth-order valence-electron chi connectivity index (χ4n) is 2.04. The van der Waals surface area contributed by atoms with Crippen LogP contribution >= 0.6 is 11.6 Å². The summed E-state index contributed by atoms with van der Waals surface area (Å²) in [5.41, 5.74) is -1.46. The van der Waals surface area contributed by atoms with Crippen LogP contribution in [0.4, 0.5) is 37.7 Å². The van der Waals surface area contributed by atoms with Crippen molar-refractivity contribution in [2.45, 2.75) is 18.5 Å². The standard InChI is InChI=1S/C16H9ClF6N2O4/c17-10-6-5-8(25(27)28)7-9(10)13(26)24-11-3-1-2-4-12(11)29-16(22,23)14(18)15(19,20)21/h1-7,14H,(H,24,26). The highest BCUT2D eigenvalue weighted by atomic mass is 35.5. The van der Waals surface area contributed by atoms with Gasteiger partial charge in [-0.05, 0) is 18.2 Å². The van der Waals surface area contributed by atoms with E-state index in [1.807, 2.05) is 5.32 Å². The maximum Gasteiger partial charge on any atom is 0.439 e. The molecule has 0 spiro atoms. The summed E-state index contributed by atoms with van der Waals surface area (Å²) in [4.78, 5) is 22.3. The number of hydrogen-bond donors (Lipinski definition) is 1. The van der Waals surface area contributed by atoms with Crippen LogP contribution in [0, 0.1) is 10.1 Å². The number of anilines is 1. The maximum atomic E-state index is 13.5. The second-order valence-corrected chi connectivity index (χ2v) is 5.85. The first kappa shape index (κ1) is 22.3. The van der Waals surface area contributed by atoms with Gasteiger partial charge in [0, 0.05) is 12.1 Å². The number of nitro groups is 1. The monoisotopic (exact) mass is 442 g/mol. The average molecular weight is 443 g/mol. The van der Waals surface area contributed by atoms with Crippen LogP contribution in [0.15, 0.2) is 42.5 Å². The van der Waals surface area contributed by atoms with Crippen LogP contribution in [0.25, 0.3) is 0 Å². The summed E-state index contributed by atoms with van der Waals surface area (Å²) in [5, 5.41) is 12.6. The number of benzene rings is 2. The molecule has 0 bridgehead atoms. The zero-order chi connectivity index (χ0) is 22.0. The van der Waals surface area contributed by atoms with Crippen molar-refractivity contribution >= 4 is 28.9 Å². The topological polar surface area (TPSA) is 81.5 Å². The summed E-state index contributed by atoms with van der Waals surface area (Å²) in [5.74, 6) is -2.08. The lowest BCUT2D eigenvalue weighted by Crippen LogP contribution is -2.45. The molecule has 1 atom stereocenters. The Morgan fingerprint density at radius 2 is 1.76 bits per heavy atom. The van der Waals surface area contributed by atoms with Gasteiger partial charge in [-0.3, -0.25) is 14.9 Å². The van der Waals surface area contributed by atoms with Gasteiger partial charge in [0.15, 0.2) is 0 Å². The Bertz CT molecular complexity index is 938. The van der Waals surface area contributed by atoms with Gasteiger partial charge in [0.2, 0.25) is 0 Å². The zero-order valence-electron chi connectivity index (χ0n) is 13.8. The number of hydrogen-bond acceptors (Lipinski definition) is 4. The third-order valence-corrected chi connectivity index (χ3v) is 3.70. The van der Waals surface area contributed by atoms with Crippen LogP contribution in [-0.2, 0) is 0 Å². The highest BCUT2D eigenvalue weighted by molar-refractivity contribution is 6.34. The molecule has 0 aliphatic carbocycles. The number of amides is 1. The molecule has 0 aliphatic heterocycles. The molecular formula is C16H9ClF6N2O4. The molecule has 156 valence electrons. The van der Waals surface area contributed by atoms with Gasteiger partial charge in [0.05, 0.1) is 21.2 Å². The number of non-ortho nitro benzene ring substituents is 1. The summed E-state index contributed by atoms with van der Waals surface area (Å²) >= 11 is 5.79. The predicted octanol–water partition coefficient (Wildman–Crippen LogP) is 5.37. The number of para-hydroxylation sites is 2. The van der Waals surface area contributed by atoms with E-state index in [0.29, 0.717) is 0 Å². The van der Waals surface area contributed by atoms with Crippen molar-refractivity contribution in [1.29, 1.82) is 0 Å². The van der Waals surface area contributed by atoms with Gasteiger partial charge in [0.1, 0.15) is 5.75 Å². The third kappa shape index (κ3) is 5.28. The molecule has 2 aromatic carbocycles. The molecule has 0 heterocycles. The first-order valence-corrected chi connectivity index (χ1v) is 7.82. The molecule has 0 saturated heterocycles. The van der Waals surface area contributed by atoms with Crippen molar-refractivity contribution in [3.8, 4) is 5.75 Å². The van der Waals surface area contributed by atoms with Gasteiger partial charge < -0.3 is 10.1 Å². The van der Waals surface area contributed by atoms with Crippen LogP contribution in [0.5, 0.6) is 5.75 Å². The molecule has 29 heavy (non-hydrogen) atoms. The molecule has 1 N–H and O–H groups in total. The number of carbonyl (C=O) groups excluding carboxylic acids is 1. The predicted molar refractivity (Wildman–Crippen MR) is 89.0 cm³/mol. The number of rotatable bonds is 6. The van der Waals surface area contributed by atoms with E-state index in [1.54, 1.807) is 0 Å². The molecule has 0 aromatic heterocycles. The Labute approximate surface area is 163 Å². The molecule has 6 nitrogen and oxygen atoms in total. The Morgan fingerprint density at radius 1 is 1.14 bits per heavy atom. The number of alkyl halides is 6. The molecule has 1 unspecified atom stereocenters. The number of nitrogens with zero attached hydrogens (tertiary/aromatic N) is 1. The van der Waals surface area contributed by atoms with E-state index in [1.165, 1.54) is 6.07 Å². The van der Waals surface area contributed by atoms with Gasteiger partial charge in [-0.15, -0.1) is 0 Å². The van der Waals surface area contributed by atoms with Gasteiger partial charge in [-0.1, -0.05) is 23.7 Å². The quantitative estimate of drug-likeness (QED) is 0.370. The van der Waals surface area contributed by atoms with Gasteiger partial charge >= 0.3 is 12.3 Å². The van der Waals surface area contributed by atoms with Crippen molar-refractivity contribution in [3.63, 3.8) is 0 Å². The van der Waals surface area contributed by atoms with E-state index >= 15 is 0 Å². The van der Waals surface area contributed by atoms with Crippen molar-refractivity contribution in [1.82, 2.24) is 0 Å². The van der Waals surface area contributed by atoms with Crippen LogP contribution in [0.2, 0.25) is 5.02 Å². The highest BCUT2D eigenvalue weighted by Crippen LogP contribution is 2.38. The molecule has 1 amide bonds. The molecule has 0 saturated carbocycles. The van der Waals surface area contributed by atoms with Gasteiger partial charge in [-0.25, -0.2) is 4.39 Å². The summed E-state index contributed by atoms with van der Waals surface area (Å²) in [7, 11) is 0. The second-order valence-electron chi connectivity index (χ2n) is 5.44. The lowest BCUT2D eigenvalue weighted by Gasteiger charge is -2.24.